The van der Waals surface area contributed by atoms with Crippen molar-refractivity contribution in [2.75, 3.05) is 0 Å². The van der Waals surface area contributed by atoms with Gasteiger partial charge in [-0.1, -0.05) is 24.6 Å². The Morgan fingerprint density at radius 1 is 1.40 bits per heavy atom. The minimum absolute atomic E-state index is 0.473. The van der Waals surface area contributed by atoms with Gasteiger partial charge in [0, 0.05) is 5.56 Å². The molecule has 0 spiro atoms. The summed E-state index contributed by atoms with van der Waals surface area (Å²) in [5.74, 6) is 0.947. The third-order valence-electron chi connectivity index (χ3n) is 3.28. The molecule has 0 saturated carbocycles. The molecule has 0 bridgehead atoms. The summed E-state index contributed by atoms with van der Waals surface area (Å²) in [6.07, 6.45) is 7.72. The molecule has 0 amide bonds. The van der Waals surface area contributed by atoms with Crippen LogP contribution in [-0.2, 0) is 6.42 Å². The van der Waals surface area contributed by atoms with Crippen molar-refractivity contribution in [3.63, 3.8) is 0 Å². The van der Waals surface area contributed by atoms with E-state index >= 15 is 0 Å². The predicted molar refractivity (Wildman–Crippen MR) is 63.2 cm³/mol. The van der Waals surface area contributed by atoms with Crippen LogP contribution < -0.4 is 0 Å². The Balaban J connectivity index is 2.42. The Hall–Kier alpha value is -1.24. The van der Waals surface area contributed by atoms with E-state index in [1.807, 2.05) is 12.1 Å². The summed E-state index contributed by atoms with van der Waals surface area (Å²) in [4.78, 5) is 0. The van der Waals surface area contributed by atoms with E-state index < -0.39 is 0 Å². The van der Waals surface area contributed by atoms with Crippen molar-refractivity contribution >= 4 is 0 Å². The summed E-state index contributed by atoms with van der Waals surface area (Å²) in [7, 11) is 0. The van der Waals surface area contributed by atoms with E-state index in [1.54, 1.807) is 6.07 Å². The standard InChI is InChI=1S/C14H18O/c1-2-6-11-7-3-4-8-12-9-5-10-13(15)14(11)12/h2,5,9-11,15H,1,3-4,6-8H2. The van der Waals surface area contributed by atoms with E-state index in [9.17, 15) is 5.11 Å². The van der Waals surface area contributed by atoms with Crippen molar-refractivity contribution in [1.82, 2.24) is 0 Å². The highest BCUT2D eigenvalue weighted by Gasteiger charge is 2.20. The summed E-state index contributed by atoms with van der Waals surface area (Å²) in [6.45, 7) is 3.81. The van der Waals surface area contributed by atoms with Crippen LogP contribution in [0, 0.1) is 0 Å². The van der Waals surface area contributed by atoms with Crippen LogP contribution in [-0.4, -0.2) is 5.11 Å². The van der Waals surface area contributed by atoms with E-state index in [2.05, 4.69) is 12.6 Å². The normalized spacial score (nSPS) is 20.4. The van der Waals surface area contributed by atoms with Crippen LogP contribution in [0.4, 0.5) is 0 Å². The zero-order chi connectivity index (χ0) is 10.7. The average Bonchev–Trinajstić information content (AvgIpc) is 2.42. The van der Waals surface area contributed by atoms with Gasteiger partial charge in [0.1, 0.15) is 5.75 Å². The van der Waals surface area contributed by atoms with Gasteiger partial charge in [-0.25, -0.2) is 0 Å². The number of hydrogen-bond acceptors (Lipinski definition) is 1. The molecule has 80 valence electrons. The highest BCUT2D eigenvalue weighted by atomic mass is 16.3. The van der Waals surface area contributed by atoms with Gasteiger partial charge in [0.25, 0.3) is 0 Å². The molecule has 0 heterocycles. The first-order chi connectivity index (χ1) is 7.33. The summed E-state index contributed by atoms with van der Waals surface area (Å²) in [5, 5.41) is 9.94. The highest BCUT2D eigenvalue weighted by molar-refractivity contribution is 5.42. The highest BCUT2D eigenvalue weighted by Crippen LogP contribution is 2.38. The lowest BCUT2D eigenvalue weighted by Crippen LogP contribution is -1.99. The fourth-order valence-electron chi connectivity index (χ4n) is 2.58. The van der Waals surface area contributed by atoms with E-state index in [4.69, 9.17) is 0 Å². The maximum atomic E-state index is 9.94. The van der Waals surface area contributed by atoms with Gasteiger partial charge in [-0.15, -0.1) is 6.58 Å². The Morgan fingerprint density at radius 2 is 2.27 bits per heavy atom. The molecule has 1 aromatic carbocycles. The second-order valence-electron chi connectivity index (χ2n) is 4.32. The van der Waals surface area contributed by atoms with Crippen molar-refractivity contribution in [1.29, 1.82) is 0 Å². The van der Waals surface area contributed by atoms with Crippen molar-refractivity contribution < 1.29 is 5.11 Å². The molecule has 0 fully saturated rings. The summed E-state index contributed by atoms with van der Waals surface area (Å²) in [6, 6.07) is 5.90. The van der Waals surface area contributed by atoms with Crippen LogP contribution in [0.25, 0.3) is 0 Å². The van der Waals surface area contributed by atoms with Gasteiger partial charge in [-0.2, -0.15) is 0 Å². The maximum Gasteiger partial charge on any atom is 0.119 e. The monoisotopic (exact) mass is 202 g/mol. The first kappa shape index (κ1) is 10.3. The first-order valence-corrected chi connectivity index (χ1v) is 5.74. The zero-order valence-corrected chi connectivity index (χ0v) is 9.08. The molecule has 1 aromatic rings. The van der Waals surface area contributed by atoms with Crippen LogP contribution in [0.15, 0.2) is 30.9 Å². The van der Waals surface area contributed by atoms with Crippen LogP contribution >= 0.6 is 0 Å². The predicted octanol–water partition coefficient (Wildman–Crippen LogP) is 3.78. The quantitative estimate of drug-likeness (QED) is 0.571. The van der Waals surface area contributed by atoms with Gasteiger partial charge < -0.3 is 5.11 Å². The Kier molecular flexibility index (Phi) is 3.10. The van der Waals surface area contributed by atoms with Crippen LogP contribution in [0.3, 0.4) is 0 Å². The van der Waals surface area contributed by atoms with Crippen molar-refractivity contribution in [2.45, 2.75) is 38.0 Å². The third kappa shape index (κ3) is 2.06. The molecule has 1 N–H and O–H groups in total. The minimum atomic E-state index is 0.473. The molecule has 1 aliphatic carbocycles. The second-order valence-corrected chi connectivity index (χ2v) is 4.32. The number of hydrogen-bond donors (Lipinski definition) is 1. The maximum absolute atomic E-state index is 9.94. The number of fused-ring (bicyclic) bond motifs is 1. The summed E-state index contributed by atoms with van der Waals surface area (Å²) < 4.78 is 0. The van der Waals surface area contributed by atoms with Gasteiger partial charge in [-0.05, 0) is 43.2 Å². The number of benzene rings is 1. The molecular weight excluding hydrogens is 184 g/mol. The number of aromatic hydroxyl groups is 1. The minimum Gasteiger partial charge on any atom is -0.508 e. The SMILES string of the molecule is C=CCC1CCCCc2cccc(O)c21. The topological polar surface area (TPSA) is 20.2 Å². The molecule has 1 nitrogen and oxygen atoms in total. The lowest BCUT2D eigenvalue weighted by atomic mass is 9.89. The average molecular weight is 202 g/mol. The van der Waals surface area contributed by atoms with E-state index in [0.29, 0.717) is 11.7 Å². The van der Waals surface area contributed by atoms with Crippen molar-refractivity contribution in [3.8, 4) is 5.75 Å². The molecule has 2 rings (SSSR count). The van der Waals surface area contributed by atoms with Crippen LogP contribution in [0.1, 0.15) is 42.7 Å². The lowest BCUT2D eigenvalue weighted by molar-refractivity contribution is 0.457. The van der Waals surface area contributed by atoms with Crippen molar-refractivity contribution in [3.05, 3.63) is 42.0 Å². The Morgan fingerprint density at radius 3 is 3.07 bits per heavy atom. The third-order valence-corrected chi connectivity index (χ3v) is 3.28. The number of phenolic OH excluding ortho intramolecular Hbond substituents is 1. The largest absolute Gasteiger partial charge is 0.508 e. The molecular formula is C14H18O. The molecule has 1 unspecified atom stereocenters. The van der Waals surface area contributed by atoms with Gasteiger partial charge >= 0.3 is 0 Å². The summed E-state index contributed by atoms with van der Waals surface area (Å²) in [5.41, 5.74) is 2.51. The van der Waals surface area contributed by atoms with Gasteiger partial charge in [0.15, 0.2) is 0 Å². The van der Waals surface area contributed by atoms with E-state index in [1.165, 1.54) is 30.4 Å². The van der Waals surface area contributed by atoms with Gasteiger partial charge in [0.2, 0.25) is 0 Å². The molecule has 0 radical (unpaired) electrons. The molecule has 1 aliphatic rings. The molecule has 0 saturated heterocycles. The molecule has 1 heteroatoms. The second kappa shape index (κ2) is 4.52. The first-order valence-electron chi connectivity index (χ1n) is 5.74. The zero-order valence-electron chi connectivity index (χ0n) is 9.08. The number of allylic oxidation sites excluding steroid dienone is 1. The summed E-state index contributed by atoms with van der Waals surface area (Å²) >= 11 is 0. The van der Waals surface area contributed by atoms with Gasteiger partial charge in [-0.3, -0.25) is 0 Å². The Labute approximate surface area is 91.4 Å². The van der Waals surface area contributed by atoms with E-state index in [-0.39, 0.29) is 0 Å². The molecule has 1 atom stereocenters. The smallest absolute Gasteiger partial charge is 0.119 e. The van der Waals surface area contributed by atoms with E-state index in [0.717, 1.165) is 12.8 Å². The lowest BCUT2D eigenvalue weighted by Gasteiger charge is -2.17. The number of rotatable bonds is 2. The fourth-order valence-corrected chi connectivity index (χ4v) is 2.58. The number of phenols is 1. The van der Waals surface area contributed by atoms with Crippen molar-refractivity contribution in [2.24, 2.45) is 0 Å². The molecule has 0 aliphatic heterocycles. The Bertz CT molecular complexity index is 354. The number of aryl methyl sites for hydroxylation is 1. The molecule has 15 heavy (non-hydrogen) atoms. The fraction of sp³-hybridized carbons (Fsp3) is 0.429. The van der Waals surface area contributed by atoms with Gasteiger partial charge in [0.05, 0.1) is 0 Å². The van der Waals surface area contributed by atoms with Crippen LogP contribution in [0.5, 0.6) is 5.75 Å². The van der Waals surface area contributed by atoms with Crippen LogP contribution in [0.2, 0.25) is 0 Å². The molecule has 0 aromatic heterocycles.